The van der Waals surface area contributed by atoms with Gasteiger partial charge in [-0.05, 0) is 28.1 Å². The second-order valence-corrected chi connectivity index (χ2v) is 4.73. The van der Waals surface area contributed by atoms with Crippen molar-refractivity contribution in [1.82, 2.24) is 14.4 Å². The van der Waals surface area contributed by atoms with Gasteiger partial charge in [0.05, 0.1) is 10.7 Å². The highest BCUT2D eigenvalue weighted by Gasteiger charge is 2.10. The zero-order valence-corrected chi connectivity index (χ0v) is 11.8. The van der Waals surface area contributed by atoms with Crippen LogP contribution in [-0.2, 0) is 0 Å². The van der Waals surface area contributed by atoms with Gasteiger partial charge in [0.1, 0.15) is 11.6 Å². The number of hydrogen-bond donors (Lipinski definition) is 1. The monoisotopic (exact) mass is 318 g/mol. The molecule has 0 aliphatic heterocycles. The van der Waals surface area contributed by atoms with Gasteiger partial charge in [0, 0.05) is 19.4 Å². The second kappa shape index (κ2) is 4.89. The van der Waals surface area contributed by atoms with Crippen LogP contribution in [0.4, 0.5) is 5.82 Å². The first-order valence-corrected chi connectivity index (χ1v) is 6.51. The normalized spacial score (nSPS) is 10.6. The van der Waals surface area contributed by atoms with Crippen LogP contribution in [0.1, 0.15) is 0 Å². The number of para-hydroxylation sites is 1. The van der Waals surface area contributed by atoms with Crippen molar-refractivity contribution in [2.45, 2.75) is 0 Å². The molecule has 5 nitrogen and oxygen atoms in total. The fourth-order valence-corrected chi connectivity index (χ4v) is 2.09. The van der Waals surface area contributed by atoms with E-state index in [9.17, 15) is 0 Å². The highest BCUT2D eigenvalue weighted by Crippen LogP contribution is 2.30. The van der Waals surface area contributed by atoms with Crippen LogP contribution in [0.25, 0.3) is 5.65 Å². The maximum atomic E-state index is 5.84. The summed E-state index contributed by atoms with van der Waals surface area (Å²) in [5.41, 5.74) is 0.676. The Morgan fingerprint density at radius 2 is 2.16 bits per heavy atom. The first-order valence-electron chi connectivity index (χ1n) is 5.72. The summed E-state index contributed by atoms with van der Waals surface area (Å²) in [5.74, 6) is 1.88. The molecule has 0 unspecified atom stereocenters. The van der Waals surface area contributed by atoms with Gasteiger partial charge in [-0.15, -0.1) is 0 Å². The molecule has 2 aromatic heterocycles. The van der Waals surface area contributed by atoms with Crippen LogP contribution >= 0.6 is 15.9 Å². The van der Waals surface area contributed by atoms with Crippen molar-refractivity contribution in [3.63, 3.8) is 0 Å². The van der Waals surface area contributed by atoms with E-state index in [-0.39, 0.29) is 0 Å². The largest absolute Gasteiger partial charge is 0.435 e. The average Bonchev–Trinajstić information content (AvgIpc) is 2.89. The van der Waals surface area contributed by atoms with Gasteiger partial charge in [-0.1, -0.05) is 12.1 Å². The van der Waals surface area contributed by atoms with Gasteiger partial charge in [-0.2, -0.15) is 4.98 Å². The van der Waals surface area contributed by atoms with Crippen LogP contribution < -0.4 is 10.1 Å². The van der Waals surface area contributed by atoms with Crippen LogP contribution in [-0.4, -0.2) is 21.4 Å². The van der Waals surface area contributed by atoms with E-state index in [1.165, 1.54) is 0 Å². The van der Waals surface area contributed by atoms with Crippen LogP contribution in [0.2, 0.25) is 0 Å². The summed E-state index contributed by atoms with van der Waals surface area (Å²) in [6, 6.07) is 7.63. The summed E-state index contributed by atoms with van der Waals surface area (Å²) in [7, 11) is 1.81. The summed E-state index contributed by atoms with van der Waals surface area (Å²) in [6.45, 7) is 0. The number of hydrogen-bond acceptors (Lipinski definition) is 4. The fraction of sp³-hybridized carbons (Fsp3) is 0.0769. The maximum absolute atomic E-state index is 5.84. The molecule has 19 heavy (non-hydrogen) atoms. The van der Waals surface area contributed by atoms with Crippen LogP contribution in [0, 0.1) is 0 Å². The molecule has 1 aromatic carbocycles. The Bertz CT molecular complexity index is 725. The van der Waals surface area contributed by atoms with E-state index in [0.29, 0.717) is 23.1 Å². The van der Waals surface area contributed by atoms with Gasteiger partial charge in [0.25, 0.3) is 5.88 Å². The minimum atomic E-state index is 0.462. The molecule has 1 N–H and O–H groups in total. The van der Waals surface area contributed by atoms with Gasteiger partial charge in [-0.3, -0.25) is 4.40 Å². The zero-order chi connectivity index (χ0) is 13.2. The number of benzene rings is 1. The summed E-state index contributed by atoms with van der Waals surface area (Å²) in [6.07, 6.45) is 5.42. The first kappa shape index (κ1) is 12.0. The Morgan fingerprint density at radius 3 is 2.95 bits per heavy atom. The molecule has 0 amide bonds. The first-order chi connectivity index (χ1) is 9.28. The second-order valence-electron chi connectivity index (χ2n) is 3.87. The van der Waals surface area contributed by atoms with Crippen molar-refractivity contribution in [3.8, 4) is 11.6 Å². The summed E-state index contributed by atoms with van der Waals surface area (Å²) < 4.78 is 8.58. The molecule has 0 fully saturated rings. The van der Waals surface area contributed by atoms with E-state index in [1.807, 2.05) is 48.1 Å². The summed E-state index contributed by atoms with van der Waals surface area (Å²) in [4.78, 5) is 8.64. The van der Waals surface area contributed by atoms with Gasteiger partial charge in [0.2, 0.25) is 5.65 Å². The lowest BCUT2D eigenvalue weighted by molar-refractivity contribution is 0.463. The van der Waals surface area contributed by atoms with Crippen LogP contribution in [0.3, 0.4) is 0 Å². The molecule has 96 valence electrons. The number of aromatic nitrogens is 3. The average molecular weight is 319 g/mol. The molecule has 2 heterocycles. The summed E-state index contributed by atoms with van der Waals surface area (Å²) >= 11 is 3.45. The third-order valence-corrected chi connectivity index (χ3v) is 3.30. The number of imidazole rings is 1. The number of fused-ring (bicyclic) bond motifs is 1. The Kier molecular flexibility index (Phi) is 3.08. The third-order valence-electron chi connectivity index (χ3n) is 2.64. The topological polar surface area (TPSA) is 51.5 Å². The minimum absolute atomic E-state index is 0.462. The van der Waals surface area contributed by atoms with Gasteiger partial charge >= 0.3 is 0 Å². The SMILES string of the molecule is CNc1cn2ccnc2c(Oc2ccccc2Br)n1. The lowest BCUT2D eigenvalue weighted by Gasteiger charge is -2.09. The molecular formula is C13H11BrN4O. The van der Waals surface area contributed by atoms with Crippen molar-refractivity contribution < 1.29 is 4.74 Å². The highest BCUT2D eigenvalue weighted by molar-refractivity contribution is 9.10. The molecule has 0 bridgehead atoms. The Labute approximate surface area is 118 Å². The number of nitrogens with one attached hydrogen (secondary N) is 1. The highest BCUT2D eigenvalue weighted by atomic mass is 79.9. The lowest BCUT2D eigenvalue weighted by Crippen LogP contribution is -1.99. The standard InChI is InChI=1S/C13H11BrN4O/c1-15-11-8-18-7-6-16-12(18)13(17-11)19-10-5-3-2-4-9(10)14/h2-8,15H,1H3. The quantitative estimate of drug-likeness (QED) is 0.804. The Balaban J connectivity index is 2.09. The van der Waals surface area contributed by atoms with Crippen LogP contribution in [0.5, 0.6) is 11.6 Å². The molecule has 0 spiro atoms. The predicted molar refractivity (Wildman–Crippen MR) is 76.7 cm³/mol. The number of ether oxygens (including phenoxy) is 1. The molecule has 0 saturated carbocycles. The number of nitrogens with zero attached hydrogens (tertiary/aromatic N) is 3. The van der Waals surface area contributed by atoms with Gasteiger partial charge in [-0.25, -0.2) is 4.98 Å². The maximum Gasteiger partial charge on any atom is 0.265 e. The van der Waals surface area contributed by atoms with E-state index in [1.54, 1.807) is 6.20 Å². The van der Waals surface area contributed by atoms with Crippen molar-refractivity contribution >= 4 is 27.4 Å². The number of anilines is 1. The van der Waals surface area contributed by atoms with Crippen molar-refractivity contribution in [2.24, 2.45) is 0 Å². The lowest BCUT2D eigenvalue weighted by atomic mass is 10.3. The van der Waals surface area contributed by atoms with Crippen molar-refractivity contribution in [3.05, 3.63) is 47.3 Å². The number of halogens is 1. The Morgan fingerprint density at radius 1 is 1.32 bits per heavy atom. The van der Waals surface area contributed by atoms with E-state index >= 15 is 0 Å². The van der Waals surface area contributed by atoms with E-state index < -0.39 is 0 Å². The summed E-state index contributed by atoms with van der Waals surface area (Å²) in [5, 5.41) is 3.00. The molecule has 0 saturated heterocycles. The minimum Gasteiger partial charge on any atom is -0.435 e. The molecule has 0 radical (unpaired) electrons. The molecule has 0 atom stereocenters. The van der Waals surface area contributed by atoms with E-state index in [2.05, 4.69) is 31.2 Å². The predicted octanol–water partition coefficient (Wildman–Crippen LogP) is 3.33. The smallest absolute Gasteiger partial charge is 0.265 e. The molecular weight excluding hydrogens is 308 g/mol. The molecule has 0 aliphatic rings. The van der Waals surface area contributed by atoms with E-state index in [0.717, 1.165) is 4.47 Å². The van der Waals surface area contributed by atoms with Crippen LogP contribution in [0.15, 0.2) is 47.3 Å². The molecule has 3 aromatic rings. The molecule has 0 aliphatic carbocycles. The van der Waals surface area contributed by atoms with Crippen molar-refractivity contribution in [1.29, 1.82) is 0 Å². The van der Waals surface area contributed by atoms with E-state index in [4.69, 9.17) is 4.74 Å². The fourth-order valence-electron chi connectivity index (χ4n) is 1.72. The van der Waals surface area contributed by atoms with Crippen molar-refractivity contribution in [2.75, 3.05) is 12.4 Å². The zero-order valence-electron chi connectivity index (χ0n) is 10.2. The third kappa shape index (κ3) is 2.26. The molecule has 6 heteroatoms. The Hall–Kier alpha value is -2.08. The van der Waals surface area contributed by atoms with Gasteiger partial charge in [0.15, 0.2) is 0 Å². The number of rotatable bonds is 3. The molecule has 3 rings (SSSR count). The van der Waals surface area contributed by atoms with Gasteiger partial charge < -0.3 is 10.1 Å².